The van der Waals surface area contributed by atoms with Crippen molar-refractivity contribution in [1.82, 2.24) is 10.2 Å². The average Bonchev–Trinajstić information content (AvgIpc) is 2.90. The summed E-state index contributed by atoms with van der Waals surface area (Å²) in [5.41, 5.74) is 2.34. The maximum Gasteiger partial charge on any atom is 0.134 e. The van der Waals surface area contributed by atoms with Crippen molar-refractivity contribution < 1.29 is 4.42 Å². The second-order valence-corrected chi connectivity index (χ2v) is 6.42. The molecule has 3 nitrogen and oxygen atoms in total. The summed E-state index contributed by atoms with van der Waals surface area (Å²) < 4.78 is 7.03. The number of benzene rings is 1. The van der Waals surface area contributed by atoms with E-state index < -0.39 is 0 Å². The number of hydrogen-bond acceptors (Lipinski definition) is 3. The number of nitrogens with zero attached hydrogens (tertiary/aromatic N) is 1. The van der Waals surface area contributed by atoms with Gasteiger partial charge in [0.2, 0.25) is 0 Å². The molecule has 6 heteroatoms. The molecule has 1 N–H and O–H groups in total. The summed E-state index contributed by atoms with van der Waals surface area (Å²) in [7, 11) is 4.19. The van der Waals surface area contributed by atoms with Crippen LogP contribution in [0.1, 0.15) is 17.7 Å². The van der Waals surface area contributed by atoms with Gasteiger partial charge in [-0.2, -0.15) is 0 Å². The normalized spacial score (nSPS) is 10.3. The van der Waals surface area contributed by atoms with Crippen molar-refractivity contribution in [3.63, 3.8) is 0 Å². The molecular formula is C17H25BrCl2N2O. The predicted molar refractivity (Wildman–Crippen MR) is 106 cm³/mol. The summed E-state index contributed by atoms with van der Waals surface area (Å²) in [5, 5.41) is 3.41. The zero-order valence-corrected chi connectivity index (χ0v) is 17.0. The van der Waals surface area contributed by atoms with Crippen molar-refractivity contribution >= 4 is 40.7 Å². The van der Waals surface area contributed by atoms with E-state index in [0.29, 0.717) is 0 Å². The van der Waals surface area contributed by atoms with Gasteiger partial charge >= 0.3 is 0 Å². The number of aryl methyl sites for hydroxylation is 1. The molecule has 0 aliphatic carbocycles. The zero-order chi connectivity index (χ0) is 15.2. The van der Waals surface area contributed by atoms with Crippen molar-refractivity contribution in [1.29, 1.82) is 0 Å². The molecule has 0 radical (unpaired) electrons. The molecule has 1 aromatic carbocycles. The molecule has 0 fully saturated rings. The minimum atomic E-state index is 0. The van der Waals surface area contributed by atoms with E-state index >= 15 is 0 Å². The van der Waals surface area contributed by atoms with Gasteiger partial charge in [-0.15, -0.1) is 24.8 Å². The van der Waals surface area contributed by atoms with E-state index in [4.69, 9.17) is 4.42 Å². The maximum atomic E-state index is 5.90. The molecule has 0 aliphatic rings. The van der Waals surface area contributed by atoms with Crippen LogP contribution in [-0.4, -0.2) is 32.1 Å². The molecular weight excluding hydrogens is 399 g/mol. The van der Waals surface area contributed by atoms with Gasteiger partial charge in [0.1, 0.15) is 11.5 Å². The molecule has 0 spiro atoms. The van der Waals surface area contributed by atoms with Crippen LogP contribution in [0.4, 0.5) is 0 Å². The number of rotatable bonds is 7. The van der Waals surface area contributed by atoms with Gasteiger partial charge in [-0.1, -0.05) is 22.0 Å². The molecule has 0 aliphatic heterocycles. The van der Waals surface area contributed by atoms with Crippen LogP contribution in [0.25, 0.3) is 11.3 Å². The van der Waals surface area contributed by atoms with Crippen LogP contribution >= 0.6 is 40.7 Å². The molecule has 1 aromatic heterocycles. The van der Waals surface area contributed by atoms with E-state index in [-0.39, 0.29) is 24.8 Å². The van der Waals surface area contributed by atoms with Crippen molar-refractivity contribution in [2.45, 2.75) is 19.9 Å². The molecule has 2 aromatic rings. The molecule has 2 rings (SSSR count). The highest BCUT2D eigenvalue weighted by Crippen LogP contribution is 2.26. The summed E-state index contributed by atoms with van der Waals surface area (Å²) >= 11 is 3.52. The van der Waals surface area contributed by atoms with Gasteiger partial charge in [0, 0.05) is 10.0 Å². The van der Waals surface area contributed by atoms with E-state index in [1.165, 1.54) is 5.56 Å². The second kappa shape index (κ2) is 11.1. The Morgan fingerprint density at radius 3 is 2.52 bits per heavy atom. The van der Waals surface area contributed by atoms with Gasteiger partial charge in [-0.25, -0.2) is 0 Å². The lowest BCUT2D eigenvalue weighted by molar-refractivity contribution is 0.391. The fourth-order valence-corrected chi connectivity index (χ4v) is 2.40. The van der Waals surface area contributed by atoms with Gasteiger partial charge in [0.25, 0.3) is 0 Å². The van der Waals surface area contributed by atoms with Crippen LogP contribution in [0.2, 0.25) is 0 Å². The topological polar surface area (TPSA) is 28.4 Å². The third-order valence-electron chi connectivity index (χ3n) is 3.36. The highest BCUT2D eigenvalue weighted by Gasteiger charge is 2.06. The quantitative estimate of drug-likeness (QED) is 0.641. The first-order valence-electron chi connectivity index (χ1n) is 7.27. The Morgan fingerprint density at radius 1 is 1.13 bits per heavy atom. The largest absolute Gasteiger partial charge is 0.460 e. The summed E-state index contributed by atoms with van der Waals surface area (Å²) in [6.07, 6.45) is 1.15. The van der Waals surface area contributed by atoms with Gasteiger partial charge in [-0.05, 0) is 70.4 Å². The van der Waals surface area contributed by atoms with Gasteiger partial charge in [-0.3, -0.25) is 0 Å². The van der Waals surface area contributed by atoms with Crippen molar-refractivity contribution in [2.75, 3.05) is 27.2 Å². The SMILES string of the molecule is Cc1cc(-c2ccc(CNCCCN(C)C)o2)ccc1Br.Cl.Cl. The number of halogens is 3. The Hall–Kier alpha value is -0.520. The summed E-state index contributed by atoms with van der Waals surface area (Å²) in [4.78, 5) is 2.20. The summed E-state index contributed by atoms with van der Waals surface area (Å²) in [6, 6.07) is 10.4. The van der Waals surface area contributed by atoms with Crippen molar-refractivity contribution in [2.24, 2.45) is 0 Å². The third kappa shape index (κ3) is 7.27. The number of furan rings is 1. The fraction of sp³-hybridized carbons (Fsp3) is 0.412. The van der Waals surface area contributed by atoms with E-state index in [9.17, 15) is 0 Å². The van der Waals surface area contributed by atoms with Crippen LogP contribution < -0.4 is 5.32 Å². The molecule has 0 bridgehead atoms. The third-order valence-corrected chi connectivity index (χ3v) is 4.25. The molecule has 1 heterocycles. The monoisotopic (exact) mass is 422 g/mol. The number of nitrogens with one attached hydrogen (secondary N) is 1. The van der Waals surface area contributed by atoms with Gasteiger partial charge < -0.3 is 14.6 Å². The van der Waals surface area contributed by atoms with Crippen LogP contribution in [0.5, 0.6) is 0 Å². The van der Waals surface area contributed by atoms with Crippen molar-refractivity contribution in [3.05, 3.63) is 46.1 Å². The molecule has 23 heavy (non-hydrogen) atoms. The minimum absolute atomic E-state index is 0. The highest BCUT2D eigenvalue weighted by atomic mass is 79.9. The van der Waals surface area contributed by atoms with Crippen LogP contribution in [0.3, 0.4) is 0 Å². The van der Waals surface area contributed by atoms with E-state index in [0.717, 1.165) is 47.6 Å². The summed E-state index contributed by atoms with van der Waals surface area (Å²) in [5.74, 6) is 1.91. The lowest BCUT2D eigenvalue weighted by Gasteiger charge is -2.09. The first-order valence-corrected chi connectivity index (χ1v) is 8.06. The van der Waals surface area contributed by atoms with Gasteiger partial charge in [0.05, 0.1) is 6.54 Å². The van der Waals surface area contributed by atoms with E-state index in [2.05, 4.69) is 65.4 Å². The predicted octanol–water partition coefficient (Wildman–Crippen LogP) is 4.90. The standard InChI is InChI=1S/C17H23BrN2O.2ClH/c1-13-11-14(5-7-16(13)18)17-8-6-15(21-17)12-19-9-4-10-20(2)3;;/h5-8,11,19H,4,9-10,12H2,1-3H3;2*1H. The lowest BCUT2D eigenvalue weighted by atomic mass is 10.1. The van der Waals surface area contributed by atoms with E-state index in [1.54, 1.807) is 0 Å². The smallest absolute Gasteiger partial charge is 0.134 e. The van der Waals surface area contributed by atoms with Gasteiger partial charge in [0.15, 0.2) is 0 Å². The first kappa shape index (κ1) is 22.5. The lowest BCUT2D eigenvalue weighted by Crippen LogP contribution is -2.20. The Kier molecular flexibility index (Phi) is 10.9. The van der Waals surface area contributed by atoms with Crippen LogP contribution in [0.15, 0.2) is 39.2 Å². The number of hydrogen-bond donors (Lipinski definition) is 1. The first-order chi connectivity index (χ1) is 10.1. The van der Waals surface area contributed by atoms with Crippen LogP contribution in [0, 0.1) is 6.92 Å². The molecule has 0 amide bonds. The Morgan fingerprint density at radius 2 is 1.87 bits per heavy atom. The molecule has 130 valence electrons. The summed E-state index contributed by atoms with van der Waals surface area (Å²) in [6.45, 7) is 4.98. The Labute approximate surface area is 159 Å². The van der Waals surface area contributed by atoms with Crippen LogP contribution in [-0.2, 0) is 6.54 Å². The van der Waals surface area contributed by atoms with Crippen molar-refractivity contribution in [3.8, 4) is 11.3 Å². The average molecular weight is 424 g/mol. The molecule has 0 saturated carbocycles. The maximum absolute atomic E-state index is 5.90. The molecule has 0 saturated heterocycles. The highest BCUT2D eigenvalue weighted by molar-refractivity contribution is 9.10. The zero-order valence-electron chi connectivity index (χ0n) is 13.8. The fourth-order valence-electron chi connectivity index (χ4n) is 2.16. The Balaban J connectivity index is 0.00000242. The second-order valence-electron chi connectivity index (χ2n) is 5.56. The minimum Gasteiger partial charge on any atom is -0.460 e. The Bertz CT molecular complexity index is 588. The molecule has 0 unspecified atom stereocenters. The molecule has 0 atom stereocenters. The van der Waals surface area contributed by atoms with E-state index in [1.807, 2.05) is 12.1 Å².